The van der Waals surface area contributed by atoms with Gasteiger partial charge in [-0.3, -0.25) is 19.3 Å². The summed E-state index contributed by atoms with van der Waals surface area (Å²) in [6, 6.07) is 22.5. The van der Waals surface area contributed by atoms with Gasteiger partial charge in [0.05, 0.1) is 11.1 Å². The number of nitrogens with zero attached hydrogens (tertiary/aromatic N) is 2. The lowest BCUT2D eigenvalue weighted by Crippen LogP contribution is -2.41. The molecule has 0 fully saturated rings. The highest BCUT2D eigenvalue weighted by molar-refractivity contribution is 6.30. The van der Waals surface area contributed by atoms with Gasteiger partial charge in [0, 0.05) is 29.4 Å². The summed E-state index contributed by atoms with van der Waals surface area (Å²) in [4.78, 5) is 41.1. The second-order valence-corrected chi connectivity index (χ2v) is 7.04. The Hall–Kier alpha value is -3.44. The highest BCUT2D eigenvalue weighted by atomic mass is 35.5. The minimum absolute atomic E-state index is 0.0978. The molecule has 0 aliphatic carbocycles. The fraction of sp³-hybridized carbons (Fsp3) is 0.0870. The summed E-state index contributed by atoms with van der Waals surface area (Å²) in [5, 5.41) is 0.541. The van der Waals surface area contributed by atoms with Crippen LogP contribution in [0.1, 0.15) is 31.1 Å². The van der Waals surface area contributed by atoms with E-state index in [1.807, 2.05) is 30.3 Å². The van der Waals surface area contributed by atoms with Crippen molar-refractivity contribution < 1.29 is 14.4 Å². The van der Waals surface area contributed by atoms with E-state index in [2.05, 4.69) is 0 Å². The van der Waals surface area contributed by atoms with Crippen LogP contribution in [0.3, 0.4) is 0 Å². The molecule has 3 aromatic carbocycles. The molecule has 1 aliphatic rings. The maximum absolute atomic E-state index is 13.1. The van der Waals surface area contributed by atoms with Gasteiger partial charge in [0.25, 0.3) is 17.7 Å². The normalized spacial score (nSPS) is 12.8. The molecule has 3 aromatic rings. The fourth-order valence-electron chi connectivity index (χ4n) is 3.35. The van der Waals surface area contributed by atoms with Gasteiger partial charge in [-0.1, -0.05) is 41.9 Å². The molecule has 29 heavy (non-hydrogen) atoms. The van der Waals surface area contributed by atoms with Crippen molar-refractivity contribution in [3.05, 3.63) is 101 Å². The molecule has 144 valence electrons. The first kappa shape index (κ1) is 18.9. The van der Waals surface area contributed by atoms with E-state index >= 15 is 0 Å². The Labute approximate surface area is 173 Å². The molecule has 0 aromatic heterocycles. The number of para-hydroxylation sites is 1. The molecule has 0 saturated heterocycles. The zero-order chi connectivity index (χ0) is 20.4. The van der Waals surface area contributed by atoms with Gasteiger partial charge in [-0.15, -0.1) is 0 Å². The first-order valence-electron chi connectivity index (χ1n) is 9.14. The van der Waals surface area contributed by atoms with Crippen molar-refractivity contribution >= 4 is 35.0 Å². The molecule has 0 radical (unpaired) electrons. The second kappa shape index (κ2) is 7.89. The van der Waals surface area contributed by atoms with E-state index < -0.39 is 0 Å². The summed E-state index contributed by atoms with van der Waals surface area (Å²) in [5.41, 5.74) is 1.95. The molecule has 4 rings (SSSR count). The average Bonchev–Trinajstić information content (AvgIpc) is 3.00. The number of benzene rings is 3. The van der Waals surface area contributed by atoms with E-state index in [4.69, 9.17) is 11.6 Å². The predicted octanol–water partition coefficient (Wildman–Crippen LogP) is 4.28. The van der Waals surface area contributed by atoms with Crippen LogP contribution in [0.5, 0.6) is 0 Å². The van der Waals surface area contributed by atoms with Crippen LogP contribution in [-0.2, 0) is 0 Å². The van der Waals surface area contributed by atoms with Crippen LogP contribution in [-0.4, -0.2) is 35.7 Å². The third-order valence-electron chi connectivity index (χ3n) is 4.83. The Morgan fingerprint density at radius 1 is 0.793 bits per heavy atom. The third kappa shape index (κ3) is 3.65. The van der Waals surface area contributed by atoms with Gasteiger partial charge in [-0.25, -0.2) is 0 Å². The minimum atomic E-state index is -0.336. The maximum atomic E-state index is 13.1. The number of fused-ring (bicyclic) bond motifs is 1. The van der Waals surface area contributed by atoms with Gasteiger partial charge in [-0.2, -0.15) is 0 Å². The zero-order valence-corrected chi connectivity index (χ0v) is 16.2. The molecule has 0 unspecified atom stereocenters. The summed E-state index contributed by atoms with van der Waals surface area (Å²) >= 11 is 5.93. The third-order valence-corrected chi connectivity index (χ3v) is 5.08. The van der Waals surface area contributed by atoms with E-state index in [1.54, 1.807) is 53.4 Å². The Balaban J connectivity index is 1.59. The number of amides is 3. The second-order valence-electron chi connectivity index (χ2n) is 6.61. The molecule has 5 nitrogen and oxygen atoms in total. The van der Waals surface area contributed by atoms with Gasteiger partial charge in [0.15, 0.2) is 0 Å². The van der Waals surface area contributed by atoms with Crippen LogP contribution >= 0.6 is 11.6 Å². The number of imide groups is 1. The molecule has 1 aliphatic heterocycles. The number of hydrogen-bond donors (Lipinski definition) is 0. The summed E-state index contributed by atoms with van der Waals surface area (Å²) < 4.78 is 0. The Morgan fingerprint density at radius 3 is 1.93 bits per heavy atom. The van der Waals surface area contributed by atoms with Gasteiger partial charge in [0.1, 0.15) is 0 Å². The van der Waals surface area contributed by atoms with Crippen molar-refractivity contribution in [2.45, 2.75) is 0 Å². The van der Waals surface area contributed by atoms with E-state index in [-0.39, 0.29) is 30.8 Å². The standard InChI is InChI=1S/C23H17ClN2O3/c24-17-12-10-16(11-13-17)21(27)25(18-6-2-1-3-7-18)14-15-26-22(28)19-8-4-5-9-20(19)23(26)29/h1-13H,14-15H2. The smallest absolute Gasteiger partial charge is 0.261 e. The Morgan fingerprint density at radius 2 is 1.34 bits per heavy atom. The van der Waals surface area contributed by atoms with Crippen LogP contribution < -0.4 is 4.90 Å². The lowest BCUT2D eigenvalue weighted by molar-refractivity contribution is 0.0654. The van der Waals surface area contributed by atoms with Crippen LogP contribution in [0.4, 0.5) is 5.69 Å². The zero-order valence-electron chi connectivity index (χ0n) is 15.4. The SMILES string of the molecule is O=C1c2ccccc2C(=O)N1CCN(C(=O)c1ccc(Cl)cc1)c1ccccc1. The van der Waals surface area contributed by atoms with Crippen LogP contribution in [0.2, 0.25) is 5.02 Å². The Kier molecular flexibility index (Phi) is 5.14. The quantitative estimate of drug-likeness (QED) is 0.596. The monoisotopic (exact) mass is 404 g/mol. The summed E-state index contributed by atoms with van der Waals surface area (Å²) in [6.45, 7) is 0.275. The van der Waals surface area contributed by atoms with Crippen molar-refractivity contribution in [2.75, 3.05) is 18.0 Å². The van der Waals surface area contributed by atoms with Crippen molar-refractivity contribution in [3.63, 3.8) is 0 Å². The molecular weight excluding hydrogens is 388 g/mol. The van der Waals surface area contributed by atoms with Gasteiger partial charge >= 0.3 is 0 Å². The summed E-state index contributed by atoms with van der Waals surface area (Å²) in [6.07, 6.45) is 0. The molecule has 0 atom stereocenters. The summed E-state index contributed by atoms with van der Waals surface area (Å²) in [5.74, 6) is -0.903. The number of halogens is 1. The fourth-order valence-corrected chi connectivity index (χ4v) is 3.47. The number of anilines is 1. The van der Waals surface area contributed by atoms with Gasteiger partial charge in [0.2, 0.25) is 0 Å². The molecule has 1 heterocycles. The van der Waals surface area contributed by atoms with E-state index in [0.717, 1.165) is 0 Å². The van der Waals surface area contributed by atoms with Crippen molar-refractivity contribution in [2.24, 2.45) is 0 Å². The number of carbonyl (C=O) groups excluding carboxylic acids is 3. The topological polar surface area (TPSA) is 57.7 Å². The number of rotatable bonds is 5. The molecule has 6 heteroatoms. The molecule has 0 bridgehead atoms. The van der Waals surface area contributed by atoms with E-state index in [1.165, 1.54) is 4.90 Å². The lowest BCUT2D eigenvalue weighted by atomic mass is 10.1. The average molecular weight is 405 g/mol. The maximum Gasteiger partial charge on any atom is 0.261 e. The van der Waals surface area contributed by atoms with Crippen LogP contribution in [0, 0.1) is 0 Å². The first-order valence-corrected chi connectivity index (χ1v) is 9.52. The highest BCUT2D eigenvalue weighted by Gasteiger charge is 2.35. The Bertz CT molecular complexity index is 1050. The first-order chi connectivity index (χ1) is 14.1. The van der Waals surface area contributed by atoms with Crippen LogP contribution in [0.15, 0.2) is 78.9 Å². The van der Waals surface area contributed by atoms with Crippen molar-refractivity contribution in [3.8, 4) is 0 Å². The van der Waals surface area contributed by atoms with Crippen LogP contribution in [0.25, 0.3) is 0 Å². The van der Waals surface area contributed by atoms with E-state index in [0.29, 0.717) is 27.4 Å². The molecule has 0 spiro atoms. The summed E-state index contributed by atoms with van der Waals surface area (Å²) in [7, 11) is 0. The lowest BCUT2D eigenvalue weighted by Gasteiger charge is -2.25. The van der Waals surface area contributed by atoms with Crippen molar-refractivity contribution in [1.29, 1.82) is 0 Å². The highest BCUT2D eigenvalue weighted by Crippen LogP contribution is 2.23. The van der Waals surface area contributed by atoms with E-state index in [9.17, 15) is 14.4 Å². The predicted molar refractivity (Wildman–Crippen MR) is 111 cm³/mol. The van der Waals surface area contributed by atoms with Gasteiger partial charge in [-0.05, 0) is 48.5 Å². The van der Waals surface area contributed by atoms with Crippen molar-refractivity contribution in [1.82, 2.24) is 4.90 Å². The van der Waals surface area contributed by atoms with Gasteiger partial charge < -0.3 is 4.90 Å². The number of hydrogen-bond acceptors (Lipinski definition) is 3. The minimum Gasteiger partial charge on any atom is -0.307 e. The molecule has 0 saturated carbocycles. The number of carbonyl (C=O) groups is 3. The molecular formula is C23H17ClN2O3. The molecule has 0 N–H and O–H groups in total. The molecule has 3 amide bonds. The largest absolute Gasteiger partial charge is 0.307 e.